The quantitative estimate of drug-likeness (QED) is 0.691. The van der Waals surface area contributed by atoms with E-state index in [-0.39, 0.29) is 11.9 Å². The highest BCUT2D eigenvalue weighted by atomic mass is 19.4. The molecule has 0 saturated carbocycles. The number of hydrogen-bond acceptors (Lipinski definition) is 2. The van der Waals surface area contributed by atoms with E-state index in [0.29, 0.717) is 12.2 Å². The van der Waals surface area contributed by atoms with Gasteiger partial charge in [-0.25, -0.2) is 0 Å². The summed E-state index contributed by atoms with van der Waals surface area (Å²) in [5.74, 6) is -0.178. The molecule has 1 aliphatic rings. The number of rotatable bonds is 2. The molecule has 0 N–H and O–H groups in total. The van der Waals surface area contributed by atoms with Crippen LogP contribution in [0, 0.1) is 0 Å². The van der Waals surface area contributed by atoms with Crippen molar-refractivity contribution >= 4 is 0 Å². The summed E-state index contributed by atoms with van der Waals surface area (Å²) in [5.41, 5.74) is 0.449. The summed E-state index contributed by atoms with van der Waals surface area (Å²) in [5, 5.41) is 0. The van der Waals surface area contributed by atoms with Crippen LogP contribution in [0.1, 0.15) is 11.7 Å². The fourth-order valence-corrected chi connectivity index (χ4v) is 1.19. The maximum absolute atomic E-state index is 11.9. The van der Waals surface area contributed by atoms with Crippen molar-refractivity contribution in [1.82, 2.24) is 0 Å². The molecule has 2 rings (SSSR count). The van der Waals surface area contributed by atoms with E-state index in [1.165, 1.54) is 12.1 Å². The van der Waals surface area contributed by atoms with E-state index in [1.54, 1.807) is 12.1 Å². The van der Waals surface area contributed by atoms with Crippen molar-refractivity contribution in [3.63, 3.8) is 0 Å². The fraction of sp³-hybridized carbons (Fsp3) is 0.333. The van der Waals surface area contributed by atoms with E-state index in [9.17, 15) is 13.2 Å². The van der Waals surface area contributed by atoms with Crippen molar-refractivity contribution in [3.8, 4) is 5.75 Å². The molecule has 1 atom stereocenters. The first-order chi connectivity index (χ1) is 6.56. The van der Waals surface area contributed by atoms with Gasteiger partial charge >= 0.3 is 6.36 Å². The number of epoxide rings is 1. The van der Waals surface area contributed by atoms with Crippen molar-refractivity contribution < 1.29 is 22.6 Å². The second kappa shape index (κ2) is 3.16. The molecule has 0 aliphatic carbocycles. The Kier molecular flexibility index (Phi) is 2.11. The molecule has 5 heteroatoms. The molecule has 1 unspecified atom stereocenters. The summed E-state index contributed by atoms with van der Waals surface area (Å²) in [6, 6.07) is 6.00. The Morgan fingerprint density at radius 2 is 1.93 bits per heavy atom. The number of alkyl halides is 3. The maximum atomic E-state index is 11.9. The van der Waals surface area contributed by atoms with Crippen molar-refractivity contribution in [3.05, 3.63) is 29.8 Å². The molecule has 1 heterocycles. The lowest BCUT2D eigenvalue weighted by molar-refractivity contribution is -0.274. The van der Waals surface area contributed by atoms with Gasteiger partial charge in [0.05, 0.1) is 6.61 Å². The lowest BCUT2D eigenvalue weighted by atomic mass is 10.1. The molecule has 14 heavy (non-hydrogen) atoms. The topological polar surface area (TPSA) is 21.8 Å². The van der Waals surface area contributed by atoms with E-state index < -0.39 is 6.36 Å². The predicted octanol–water partition coefficient (Wildman–Crippen LogP) is 2.66. The van der Waals surface area contributed by atoms with Crippen LogP contribution in [0.3, 0.4) is 0 Å². The Labute approximate surface area is 78.2 Å². The first-order valence-corrected chi connectivity index (χ1v) is 4.02. The highest BCUT2D eigenvalue weighted by Crippen LogP contribution is 2.37. The Balaban J connectivity index is 2.23. The molecule has 0 spiro atoms. The molecule has 0 bridgehead atoms. The summed E-state index contributed by atoms with van der Waals surface area (Å²) in [7, 11) is 0. The Hall–Kier alpha value is -1.23. The Morgan fingerprint density at radius 1 is 1.29 bits per heavy atom. The van der Waals surface area contributed by atoms with Crippen LogP contribution in [0.5, 0.6) is 5.75 Å². The average Bonchev–Trinajstić information content (AvgIpc) is 2.85. The van der Waals surface area contributed by atoms with Crippen molar-refractivity contribution in [2.24, 2.45) is 0 Å². The number of halogens is 3. The number of para-hydroxylation sites is 1. The van der Waals surface area contributed by atoms with Gasteiger partial charge in [-0.2, -0.15) is 0 Å². The Bertz CT molecular complexity index is 331. The maximum Gasteiger partial charge on any atom is 0.573 e. The van der Waals surface area contributed by atoms with Crippen molar-refractivity contribution in [1.29, 1.82) is 0 Å². The molecule has 1 aliphatic heterocycles. The molecule has 0 aromatic heterocycles. The van der Waals surface area contributed by atoms with Gasteiger partial charge in [0, 0.05) is 5.56 Å². The predicted molar refractivity (Wildman–Crippen MR) is 41.8 cm³/mol. The largest absolute Gasteiger partial charge is 0.573 e. The van der Waals surface area contributed by atoms with E-state index >= 15 is 0 Å². The van der Waals surface area contributed by atoms with Crippen LogP contribution in [0.2, 0.25) is 0 Å². The first kappa shape index (κ1) is 9.33. The van der Waals surface area contributed by atoms with E-state index in [4.69, 9.17) is 4.74 Å². The molecule has 0 radical (unpaired) electrons. The summed E-state index contributed by atoms with van der Waals surface area (Å²) in [6.45, 7) is 0.457. The highest BCUT2D eigenvalue weighted by molar-refractivity contribution is 5.36. The smallest absolute Gasteiger partial charge is 0.405 e. The number of hydrogen-bond donors (Lipinski definition) is 0. The minimum atomic E-state index is -4.65. The molecule has 1 aromatic rings. The van der Waals surface area contributed by atoms with Crippen LogP contribution in [0.4, 0.5) is 13.2 Å². The van der Waals surface area contributed by atoms with E-state index in [2.05, 4.69) is 4.74 Å². The van der Waals surface area contributed by atoms with Gasteiger partial charge in [-0.15, -0.1) is 13.2 Å². The fourth-order valence-electron chi connectivity index (χ4n) is 1.19. The van der Waals surface area contributed by atoms with Crippen molar-refractivity contribution in [2.75, 3.05) is 6.61 Å². The standard InChI is InChI=1S/C9H7F3O2/c10-9(11,12)14-7-4-2-1-3-6(7)8-5-13-8/h1-4,8H,5H2. The number of benzene rings is 1. The molecule has 76 valence electrons. The number of ether oxygens (including phenoxy) is 2. The molecule has 2 nitrogen and oxygen atoms in total. The first-order valence-electron chi connectivity index (χ1n) is 4.02. The van der Waals surface area contributed by atoms with Gasteiger partial charge in [-0.1, -0.05) is 18.2 Å². The van der Waals surface area contributed by atoms with Gasteiger partial charge in [-0.3, -0.25) is 0 Å². The van der Waals surface area contributed by atoms with Crippen LogP contribution in [-0.4, -0.2) is 13.0 Å². The average molecular weight is 204 g/mol. The van der Waals surface area contributed by atoms with Crippen LogP contribution in [-0.2, 0) is 4.74 Å². The zero-order valence-electron chi connectivity index (χ0n) is 7.04. The van der Waals surface area contributed by atoms with Gasteiger partial charge in [0.15, 0.2) is 0 Å². The van der Waals surface area contributed by atoms with Crippen LogP contribution >= 0.6 is 0 Å². The van der Waals surface area contributed by atoms with E-state index in [0.717, 1.165) is 0 Å². The molecule has 1 saturated heterocycles. The second-order valence-electron chi connectivity index (χ2n) is 2.91. The monoisotopic (exact) mass is 204 g/mol. The van der Waals surface area contributed by atoms with Crippen LogP contribution in [0.25, 0.3) is 0 Å². The summed E-state index contributed by atoms with van der Waals surface area (Å²) < 4.78 is 44.6. The summed E-state index contributed by atoms with van der Waals surface area (Å²) in [6.07, 6.45) is -4.89. The summed E-state index contributed by atoms with van der Waals surface area (Å²) >= 11 is 0. The Morgan fingerprint density at radius 3 is 2.50 bits per heavy atom. The molecule has 0 amide bonds. The SMILES string of the molecule is FC(F)(F)Oc1ccccc1C1CO1. The third-order valence-electron chi connectivity index (χ3n) is 1.82. The minimum absolute atomic E-state index is 0.178. The van der Waals surface area contributed by atoms with Crippen LogP contribution in [0.15, 0.2) is 24.3 Å². The lowest BCUT2D eigenvalue weighted by Crippen LogP contribution is -2.18. The third-order valence-corrected chi connectivity index (χ3v) is 1.82. The normalized spacial score (nSPS) is 20.6. The zero-order valence-corrected chi connectivity index (χ0v) is 7.04. The molecular weight excluding hydrogens is 197 g/mol. The highest BCUT2D eigenvalue weighted by Gasteiger charge is 2.35. The van der Waals surface area contributed by atoms with Gasteiger partial charge in [0.25, 0.3) is 0 Å². The molecule has 1 fully saturated rings. The van der Waals surface area contributed by atoms with Gasteiger partial charge in [-0.05, 0) is 6.07 Å². The van der Waals surface area contributed by atoms with Crippen molar-refractivity contribution in [2.45, 2.75) is 12.5 Å². The van der Waals surface area contributed by atoms with Crippen LogP contribution < -0.4 is 4.74 Å². The third kappa shape index (κ3) is 2.17. The zero-order chi connectivity index (χ0) is 10.2. The van der Waals surface area contributed by atoms with Gasteiger partial charge in [0.1, 0.15) is 11.9 Å². The molecular formula is C9H7F3O2. The van der Waals surface area contributed by atoms with E-state index in [1.807, 2.05) is 0 Å². The van der Waals surface area contributed by atoms with Gasteiger partial charge < -0.3 is 9.47 Å². The molecule has 1 aromatic carbocycles. The summed E-state index contributed by atoms with van der Waals surface area (Å²) in [4.78, 5) is 0. The lowest BCUT2D eigenvalue weighted by Gasteiger charge is -2.11. The second-order valence-corrected chi connectivity index (χ2v) is 2.91. The minimum Gasteiger partial charge on any atom is -0.405 e. The van der Waals surface area contributed by atoms with Gasteiger partial charge in [0.2, 0.25) is 0 Å².